The number of hydrogen-bond acceptors (Lipinski definition) is 7. The second kappa shape index (κ2) is 12.8. The molecule has 0 bridgehead atoms. The predicted octanol–water partition coefficient (Wildman–Crippen LogP) is 4.00. The van der Waals surface area contributed by atoms with E-state index in [1.54, 1.807) is 27.7 Å². The van der Waals surface area contributed by atoms with E-state index >= 15 is 0 Å². The zero-order chi connectivity index (χ0) is 25.1. The Labute approximate surface area is 204 Å². The molecule has 0 saturated heterocycles. The Morgan fingerprint density at radius 3 is 2.56 bits per heavy atom. The van der Waals surface area contributed by atoms with E-state index in [1.165, 1.54) is 18.3 Å². The summed E-state index contributed by atoms with van der Waals surface area (Å²) in [6.07, 6.45) is 0.577. The van der Waals surface area contributed by atoms with Gasteiger partial charge in [-0.2, -0.15) is 5.10 Å². The predicted molar refractivity (Wildman–Crippen MR) is 129 cm³/mol. The molecule has 0 aliphatic carbocycles. The molecule has 184 valence electrons. The third-order valence-corrected chi connectivity index (χ3v) is 4.43. The lowest BCUT2D eigenvalue weighted by atomic mass is 10.2. The molecule has 0 saturated carbocycles. The van der Waals surface area contributed by atoms with Crippen LogP contribution in [0.3, 0.4) is 0 Å². The molecule has 2 aromatic rings. The van der Waals surface area contributed by atoms with Crippen LogP contribution < -0.4 is 15.5 Å². The molecule has 0 heterocycles. The van der Waals surface area contributed by atoms with Gasteiger partial charge in [0.05, 0.1) is 31.1 Å². The lowest BCUT2D eigenvalue weighted by molar-refractivity contribution is -0.124. The maximum Gasteiger partial charge on any atom is 0.408 e. The van der Waals surface area contributed by atoms with Gasteiger partial charge in [-0.1, -0.05) is 41.9 Å². The van der Waals surface area contributed by atoms with Crippen LogP contribution in [-0.4, -0.2) is 48.2 Å². The Kier molecular flexibility index (Phi) is 10.2. The molecule has 2 aromatic carbocycles. The minimum atomic E-state index is -1.06. The summed E-state index contributed by atoms with van der Waals surface area (Å²) in [4.78, 5) is 24.9. The summed E-state index contributed by atoms with van der Waals surface area (Å²) in [7, 11) is 0. The fraction of sp³-hybridized carbons (Fsp3) is 0.375. The van der Waals surface area contributed by atoms with Crippen molar-refractivity contribution in [1.29, 1.82) is 0 Å². The highest BCUT2D eigenvalue weighted by Gasteiger charge is 2.24. The number of phenols is 1. The van der Waals surface area contributed by atoms with E-state index in [2.05, 4.69) is 15.8 Å². The summed E-state index contributed by atoms with van der Waals surface area (Å²) in [5.74, 6) is -0.589. The number of carbonyl (C=O) groups is 2. The normalized spacial score (nSPS) is 12.3. The molecule has 0 radical (unpaired) electrons. The molecule has 0 fully saturated rings. The van der Waals surface area contributed by atoms with E-state index in [9.17, 15) is 14.7 Å². The van der Waals surface area contributed by atoms with Crippen molar-refractivity contribution in [1.82, 2.24) is 10.7 Å². The molecule has 0 aromatic heterocycles. The van der Waals surface area contributed by atoms with Crippen molar-refractivity contribution in [2.75, 3.05) is 13.2 Å². The Bertz CT molecular complexity index is 992. The Balaban J connectivity index is 2.05. The van der Waals surface area contributed by atoms with Crippen LogP contribution >= 0.6 is 11.6 Å². The van der Waals surface area contributed by atoms with Crippen molar-refractivity contribution in [2.45, 2.75) is 45.9 Å². The summed E-state index contributed by atoms with van der Waals surface area (Å²) < 4.78 is 16.2. The minimum Gasteiger partial charge on any atom is -0.503 e. The van der Waals surface area contributed by atoms with E-state index in [4.69, 9.17) is 25.8 Å². The van der Waals surface area contributed by atoms with Gasteiger partial charge in [-0.05, 0) is 51.0 Å². The van der Waals surface area contributed by atoms with Gasteiger partial charge in [-0.25, -0.2) is 10.2 Å². The number of ether oxygens (including phenoxy) is 3. The number of amides is 2. The van der Waals surface area contributed by atoms with Crippen LogP contribution in [0, 0.1) is 0 Å². The second-order valence-electron chi connectivity index (χ2n) is 8.22. The zero-order valence-corrected chi connectivity index (χ0v) is 20.4. The van der Waals surface area contributed by atoms with Gasteiger partial charge in [0.15, 0.2) is 11.5 Å². The molecular weight excluding hydrogens is 462 g/mol. The molecule has 10 heteroatoms. The molecule has 0 aliphatic heterocycles. The minimum absolute atomic E-state index is 0.0810. The van der Waals surface area contributed by atoms with Gasteiger partial charge in [-0.15, -0.1) is 0 Å². The average molecular weight is 492 g/mol. The molecule has 9 nitrogen and oxygen atoms in total. The van der Waals surface area contributed by atoms with Crippen LogP contribution in [-0.2, 0) is 20.9 Å². The second-order valence-corrected chi connectivity index (χ2v) is 8.62. The number of nitrogens with one attached hydrogen (secondary N) is 2. The smallest absolute Gasteiger partial charge is 0.408 e. The third-order valence-electron chi connectivity index (χ3n) is 4.14. The van der Waals surface area contributed by atoms with Crippen molar-refractivity contribution < 1.29 is 28.9 Å². The van der Waals surface area contributed by atoms with Gasteiger partial charge in [0.1, 0.15) is 11.6 Å². The molecule has 2 amide bonds. The summed E-state index contributed by atoms with van der Waals surface area (Å²) in [6.45, 7) is 7.42. The van der Waals surface area contributed by atoms with Crippen LogP contribution in [0.1, 0.15) is 38.8 Å². The lowest BCUT2D eigenvalue weighted by Crippen LogP contribution is -2.49. The van der Waals surface area contributed by atoms with Crippen LogP contribution in [0.4, 0.5) is 4.79 Å². The number of carbonyl (C=O) groups excluding carboxylic acids is 2. The number of alkyl carbamates (subject to hydrolysis) is 1. The molecule has 34 heavy (non-hydrogen) atoms. The topological polar surface area (TPSA) is 118 Å². The lowest BCUT2D eigenvalue weighted by Gasteiger charge is -2.22. The van der Waals surface area contributed by atoms with Crippen molar-refractivity contribution in [3.8, 4) is 11.5 Å². The average Bonchev–Trinajstić information content (AvgIpc) is 2.76. The van der Waals surface area contributed by atoms with Crippen molar-refractivity contribution >= 4 is 29.8 Å². The van der Waals surface area contributed by atoms with E-state index in [-0.39, 0.29) is 29.7 Å². The van der Waals surface area contributed by atoms with Gasteiger partial charge < -0.3 is 24.6 Å². The first-order chi connectivity index (χ1) is 16.1. The number of hydrogen-bond donors (Lipinski definition) is 3. The summed E-state index contributed by atoms with van der Waals surface area (Å²) in [5, 5.41) is 16.4. The molecule has 3 N–H and O–H groups in total. The standard InChI is InChI=1S/C24H30ClN3O6/c1-5-33-20-12-17(11-18(25)21(20)29)13-26-28-22(30)19(27-23(31)34-24(2,3)4)15-32-14-16-9-7-6-8-10-16/h6-13,19,29H,5,14-15H2,1-4H3,(H,27,31)(H,28,30)/b26-13-/t19-/m0/s1. The molecular formula is C24H30ClN3O6. The first-order valence-corrected chi connectivity index (χ1v) is 11.1. The van der Waals surface area contributed by atoms with E-state index in [1.807, 2.05) is 30.3 Å². The quantitative estimate of drug-likeness (QED) is 0.341. The number of nitrogens with zero attached hydrogens (tertiary/aromatic N) is 1. The number of halogens is 1. The third kappa shape index (κ3) is 9.29. The van der Waals surface area contributed by atoms with Crippen LogP contribution in [0.5, 0.6) is 11.5 Å². The fourth-order valence-electron chi connectivity index (χ4n) is 2.68. The van der Waals surface area contributed by atoms with Crippen molar-refractivity contribution in [3.63, 3.8) is 0 Å². The largest absolute Gasteiger partial charge is 0.503 e. The highest BCUT2D eigenvalue weighted by molar-refractivity contribution is 6.32. The first kappa shape index (κ1) is 26.9. The maximum atomic E-state index is 12.7. The highest BCUT2D eigenvalue weighted by atomic mass is 35.5. The number of aromatic hydroxyl groups is 1. The number of rotatable bonds is 10. The molecule has 0 aliphatic rings. The molecule has 1 atom stereocenters. The number of phenolic OH excluding ortho intramolecular Hbond substituents is 1. The Hall–Kier alpha value is -3.30. The van der Waals surface area contributed by atoms with Gasteiger partial charge in [0.25, 0.3) is 5.91 Å². The van der Waals surface area contributed by atoms with Gasteiger partial charge in [-0.3, -0.25) is 4.79 Å². The van der Waals surface area contributed by atoms with E-state index in [0.717, 1.165) is 5.56 Å². The van der Waals surface area contributed by atoms with Gasteiger partial charge in [0, 0.05) is 0 Å². The number of benzene rings is 2. The number of hydrazone groups is 1. The Morgan fingerprint density at radius 1 is 1.21 bits per heavy atom. The van der Waals surface area contributed by atoms with E-state index in [0.29, 0.717) is 12.2 Å². The summed E-state index contributed by atoms with van der Waals surface area (Å²) in [6, 6.07) is 11.4. The SMILES string of the molecule is CCOc1cc(/C=N\NC(=O)[C@H](COCc2ccccc2)NC(=O)OC(C)(C)C)cc(Cl)c1O. The molecule has 2 rings (SSSR count). The monoisotopic (exact) mass is 491 g/mol. The Morgan fingerprint density at radius 2 is 1.91 bits per heavy atom. The summed E-state index contributed by atoms with van der Waals surface area (Å²) in [5.41, 5.74) is 3.05. The first-order valence-electron chi connectivity index (χ1n) is 10.7. The molecule has 0 spiro atoms. The van der Waals surface area contributed by atoms with Crippen molar-refractivity contribution in [3.05, 3.63) is 58.6 Å². The highest BCUT2D eigenvalue weighted by Crippen LogP contribution is 2.34. The van der Waals surface area contributed by atoms with Crippen LogP contribution in [0.2, 0.25) is 5.02 Å². The van der Waals surface area contributed by atoms with E-state index < -0.39 is 23.6 Å². The fourth-order valence-corrected chi connectivity index (χ4v) is 2.90. The van der Waals surface area contributed by atoms with Gasteiger partial charge in [0.2, 0.25) is 0 Å². The maximum absolute atomic E-state index is 12.7. The summed E-state index contributed by atoms with van der Waals surface area (Å²) >= 11 is 6.01. The van der Waals surface area contributed by atoms with Crippen LogP contribution in [0.15, 0.2) is 47.6 Å². The zero-order valence-electron chi connectivity index (χ0n) is 19.6. The van der Waals surface area contributed by atoms with Gasteiger partial charge >= 0.3 is 6.09 Å². The van der Waals surface area contributed by atoms with Crippen molar-refractivity contribution in [2.24, 2.45) is 5.10 Å². The molecule has 0 unspecified atom stereocenters. The van der Waals surface area contributed by atoms with Crippen LogP contribution in [0.25, 0.3) is 0 Å².